The molecule has 33 heavy (non-hydrogen) atoms. The molecule has 0 N–H and O–H groups in total. The van der Waals surface area contributed by atoms with Gasteiger partial charge in [-0.3, -0.25) is 9.36 Å². The van der Waals surface area contributed by atoms with E-state index in [9.17, 15) is 4.79 Å². The second-order valence-corrected chi connectivity index (χ2v) is 10.0. The van der Waals surface area contributed by atoms with E-state index in [0.717, 1.165) is 36.1 Å². The molecule has 1 aromatic heterocycles. The van der Waals surface area contributed by atoms with Gasteiger partial charge in [0.1, 0.15) is 5.82 Å². The highest BCUT2D eigenvalue weighted by atomic mass is 16.1. The van der Waals surface area contributed by atoms with Crippen molar-refractivity contribution >= 4 is 10.9 Å². The smallest absolute Gasteiger partial charge is 0.261 e. The second-order valence-electron chi connectivity index (χ2n) is 10.0. The minimum atomic E-state index is 0.110. The number of aryl methyl sites for hydroxylation is 1. The zero-order chi connectivity index (χ0) is 23.7. The van der Waals surface area contributed by atoms with Gasteiger partial charge in [-0.2, -0.15) is 0 Å². The lowest BCUT2D eigenvalue weighted by Gasteiger charge is -2.16. The molecule has 0 bridgehead atoms. The van der Waals surface area contributed by atoms with Crippen LogP contribution in [0.3, 0.4) is 0 Å². The Morgan fingerprint density at radius 2 is 1.27 bits per heavy atom. The summed E-state index contributed by atoms with van der Waals surface area (Å²) >= 11 is 0. The Hall–Kier alpha value is -1.68. The number of likely N-dealkylation sites (N-methyl/N-ethyl adjacent to an activating group) is 1. The third-order valence-electron chi connectivity index (χ3n) is 6.72. The van der Waals surface area contributed by atoms with Crippen LogP contribution < -0.4 is 5.56 Å². The van der Waals surface area contributed by atoms with Crippen LogP contribution in [0.15, 0.2) is 29.1 Å². The molecule has 0 radical (unpaired) electrons. The largest absolute Gasteiger partial charge is 0.308 e. The summed E-state index contributed by atoms with van der Waals surface area (Å²) < 4.78 is 1.91. The molecule has 4 nitrogen and oxygen atoms in total. The summed E-state index contributed by atoms with van der Waals surface area (Å²) in [4.78, 5) is 20.0. The Labute approximate surface area is 202 Å². The highest BCUT2D eigenvalue weighted by molar-refractivity contribution is 5.77. The van der Waals surface area contributed by atoms with E-state index in [0.29, 0.717) is 6.54 Å². The fraction of sp³-hybridized carbons (Fsp3) is 0.724. The summed E-state index contributed by atoms with van der Waals surface area (Å²) in [5.74, 6) is 0.954. The first kappa shape index (κ1) is 27.6. The van der Waals surface area contributed by atoms with E-state index in [1.54, 1.807) is 0 Å². The van der Waals surface area contributed by atoms with Crippen LogP contribution in [-0.4, -0.2) is 35.1 Å². The molecule has 0 amide bonds. The Morgan fingerprint density at radius 3 is 1.82 bits per heavy atom. The Kier molecular flexibility index (Phi) is 14.1. The first-order valence-corrected chi connectivity index (χ1v) is 13.8. The van der Waals surface area contributed by atoms with Crippen LogP contribution in [0.2, 0.25) is 0 Å². The van der Waals surface area contributed by atoms with Gasteiger partial charge in [0, 0.05) is 19.5 Å². The van der Waals surface area contributed by atoms with Gasteiger partial charge in [-0.25, -0.2) is 4.98 Å². The summed E-state index contributed by atoms with van der Waals surface area (Å²) in [7, 11) is 4.10. The highest BCUT2D eigenvalue weighted by Crippen LogP contribution is 2.15. The Morgan fingerprint density at radius 1 is 0.758 bits per heavy atom. The van der Waals surface area contributed by atoms with E-state index in [1.165, 1.54) is 89.9 Å². The molecule has 1 aromatic carbocycles. The molecular weight excluding hydrogens is 406 g/mol. The van der Waals surface area contributed by atoms with Gasteiger partial charge in [0.05, 0.1) is 10.9 Å². The summed E-state index contributed by atoms with van der Waals surface area (Å²) in [5.41, 5.74) is 0.943. The Bertz CT molecular complexity index is 827. The van der Waals surface area contributed by atoms with E-state index in [2.05, 4.69) is 11.8 Å². The number of hydrogen-bond acceptors (Lipinski definition) is 3. The zero-order valence-corrected chi connectivity index (χ0v) is 21.8. The number of para-hydroxylation sites is 1. The standard InChI is InChI=1S/C29H49N3O/c1-4-5-6-7-8-9-10-11-12-13-14-15-16-17-18-23-28-30-27-22-20-19-21-26(27)29(33)32(28)25-24-31(2)3/h19-22H,4-18,23-25H2,1-3H3. The SMILES string of the molecule is CCCCCCCCCCCCCCCCCc1nc2ccccc2c(=O)n1CCN(C)C. The van der Waals surface area contributed by atoms with Gasteiger partial charge < -0.3 is 4.90 Å². The zero-order valence-electron chi connectivity index (χ0n) is 21.8. The fourth-order valence-electron chi connectivity index (χ4n) is 4.59. The molecule has 0 saturated carbocycles. The molecule has 0 aliphatic heterocycles. The molecule has 4 heteroatoms. The van der Waals surface area contributed by atoms with E-state index in [4.69, 9.17) is 4.98 Å². The normalized spacial score (nSPS) is 11.6. The fourth-order valence-corrected chi connectivity index (χ4v) is 4.59. The minimum Gasteiger partial charge on any atom is -0.308 e. The molecule has 0 atom stereocenters. The van der Waals surface area contributed by atoms with Crippen molar-refractivity contribution in [2.45, 2.75) is 116 Å². The lowest BCUT2D eigenvalue weighted by Crippen LogP contribution is -2.30. The van der Waals surface area contributed by atoms with Gasteiger partial charge in [-0.15, -0.1) is 0 Å². The lowest BCUT2D eigenvalue weighted by atomic mass is 10.0. The van der Waals surface area contributed by atoms with Crippen molar-refractivity contribution in [2.75, 3.05) is 20.6 Å². The maximum Gasteiger partial charge on any atom is 0.261 e. The molecular formula is C29H49N3O. The minimum absolute atomic E-state index is 0.110. The van der Waals surface area contributed by atoms with Gasteiger partial charge >= 0.3 is 0 Å². The molecule has 0 spiro atoms. The maximum atomic E-state index is 13.0. The first-order chi connectivity index (χ1) is 16.1. The van der Waals surface area contributed by atoms with Crippen molar-refractivity contribution in [3.8, 4) is 0 Å². The summed E-state index contributed by atoms with van der Waals surface area (Å²) in [5, 5.41) is 0.733. The predicted molar refractivity (Wildman–Crippen MR) is 143 cm³/mol. The number of unbranched alkanes of at least 4 members (excludes halogenated alkanes) is 14. The third kappa shape index (κ3) is 10.9. The van der Waals surface area contributed by atoms with Gasteiger partial charge in [0.25, 0.3) is 5.56 Å². The van der Waals surface area contributed by atoms with Gasteiger partial charge in [0.2, 0.25) is 0 Å². The van der Waals surface area contributed by atoms with Crippen LogP contribution in [0.5, 0.6) is 0 Å². The number of rotatable bonds is 19. The summed E-state index contributed by atoms with van der Waals surface area (Å²) in [6.07, 6.45) is 21.4. The van der Waals surface area contributed by atoms with E-state index >= 15 is 0 Å². The van der Waals surface area contributed by atoms with Crippen LogP contribution in [0.4, 0.5) is 0 Å². The summed E-state index contributed by atoms with van der Waals surface area (Å²) in [6.45, 7) is 3.84. The molecule has 2 aromatic rings. The van der Waals surface area contributed by atoms with Crippen molar-refractivity contribution < 1.29 is 0 Å². The van der Waals surface area contributed by atoms with E-state index in [1.807, 2.05) is 42.9 Å². The van der Waals surface area contributed by atoms with Gasteiger partial charge in [-0.1, -0.05) is 109 Å². The van der Waals surface area contributed by atoms with Gasteiger partial charge in [0.15, 0.2) is 0 Å². The quantitative estimate of drug-likeness (QED) is 0.207. The molecule has 0 aliphatic rings. The molecule has 0 saturated heterocycles. The van der Waals surface area contributed by atoms with Gasteiger partial charge in [-0.05, 0) is 32.6 Å². The number of hydrogen-bond donors (Lipinski definition) is 0. The molecule has 1 heterocycles. The van der Waals surface area contributed by atoms with Crippen LogP contribution in [-0.2, 0) is 13.0 Å². The summed E-state index contributed by atoms with van der Waals surface area (Å²) in [6, 6.07) is 7.75. The monoisotopic (exact) mass is 455 g/mol. The van der Waals surface area contributed by atoms with E-state index < -0.39 is 0 Å². The number of nitrogens with zero attached hydrogens (tertiary/aromatic N) is 3. The molecule has 186 valence electrons. The molecule has 2 rings (SSSR count). The van der Waals surface area contributed by atoms with Crippen molar-refractivity contribution in [1.82, 2.24) is 14.5 Å². The number of fused-ring (bicyclic) bond motifs is 1. The van der Waals surface area contributed by atoms with Crippen molar-refractivity contribution in [3.63, 3.8) is 0 Å². The topological polar surface area (TPSA) is 38.1 Å². The highest BCUT2D eigenvalue weighted by Gasteiger charge is 2.11. The first-order valence-electron chi connectivity index (χ1n) is 13.8. The maximum absolute atomic E-state index is 13.0. The average molecular weight is 456 g/mol. The third-order valence-corrected chi connectivity index (χ3v) is 6.72. The molecule has 0 aliphatic carbocycles. The van der Waals surface area contributed by atoms with Crippen LogP contribution >= 0.6 is 0 Å². The van der Waals surface area contributed by atoms with Crippen LogP contribution in [0.25, 0.3) is 10.9 Å². The molecule has 0 fully saturated rings. The lowest BCUT2D eigenvalue weighted by molar-refractivity contribution is 0.375. The molecule has 0 unspecified atom stereocenters. The second kappa shape index (κ2) is 16.9. The van der Waals surface area contributed by atoms with E-state index in [-0.39, 0.29) is 5.56 Å². The van der Waals surface area contributed by atoms with Crippen molar-refractivity contribution in [1.29, 1.82) is 0 Å². The Balaban J connectivity index is 1.62. The number of aromatic nitrogens is 2. The number of benzene rings is 1. The predicted octanol–water partition coefficient (Wildman–Crippen LogP) is 7.37. The van der Waals surface area contributed by atoms with Crippen LogP contribution in [0.1, 0.15) is 109 Å². The van der Waals surface area contributed by atoms with Crippen molar-refractivity contribution in [3.05, 3.63) is 40.4 Å². The van der Waals surface area contributed by atoms with Crippen LogP contribution in [0, 0.1) is 0 Å². The average Bonchev–Trinajstić information content (AvgIpc) is 2.81. The van der Waals surface area contributed by atoms with Crippen molar-refractivity contribution in [2.24, 2.45) is 0 Å².